The Morgan fingerprint density at radius 2 is 1.76 bits per heavy atom. The van der Waals surface area contributed by atoms with Crippen LogP contribution in [0.2, 0.25) is 0 Å². The Hall–Kier alpha value is -0.820. The summed E-state index contributed by atoms with van der Waals surface area (Å²) in [5, 5.41) is 9.91. The van der Waals surface area contributed by atoms with E-state index in [0.717, 1.165) is 12.8 Å². The molecule has 0 spiro atoms. The highest BCUT2D eigenvalue weighted by molar-refractivity contribution is 5.36. The number of hydrogen-bond acceptors (Lipinski definition) is 1. The third-order valence-corrected chi connectivity index (χ3v) is 4.49. The van der Waals surface area contributed by atoms with Gasteiger partial charge in [-0.1, -0.05) is 31.0 Å². The largest absolute Gasteiger partial charge is 0.393 e. The van der Waals surface area contributed by atoms with Crippen LogP contribution in [-0.4, -0.2) is 11.2 Å². The van der Waals surface area contributed by atoms with E-state index < -0.39 is 0 Å². The molecule has 1 nitrogen and oxygen atoms in total. The van der Waals surface area contributed by atoms with Crippen LogP contribution in [0, 0.1) is 0 Å². The molecule has 2 aliphatic carbocycles. The van der Waals surface area contributed by atoms with Crippen LogP contribution in [0.5, 0.6) is 0 Å². The van der Waals surface area contributed by atoms with Crippen LogP contribution in [0.1, 0.15) is 61.1 Å². The standard InChI is InChI=1S/C16H22O/c17-16-7-2-1-4-14(11-16)15-9-8-12-5-3-6-13(12)10-15/h8-10,14,16-17H,1-7,11H2. The van der Waals surface area contributed by atoms with Crippen LogP contribution >= 0.6 is 0 Å². The van der Waals surface area contributed by atoms with Gasteiger partial charge in [0.2, 0.25) is 0 Å². The van der Waals surface area contributed by atoms with Crippen molar-refractivity contribution in [1.82, 2.24) is 0 Å². The average Bonchev–Trinajstić information content (AvgIpc) is 2.69. The lowest BCUT2D eigenvalue weighted by Crippen LogP contribution is -2.09. The van der Waals surface area contributed by atoms with Crippen molar-refractivity contribution in [3.63, 3.8) is 0 Å². The first kappa shape index (κ1) is 11.3. The van der Waals surface area contributed by atoms with Crippen molar-refractivity contribution in [2.45, 2.75) is 63.4 Å². The van der Waals surface area contributed by atoms with Crippen LogP contribution in [0.15, 0.2) is 18.2 Å². The first-order valence-corrected chi connectivity index (χ1v) is 7.13. The fourth-order valence-corrected chi connectivity index (χ4v) is 3.48. The fourth-order valence-electron chi connectivity index (χ4n) is 3.48. The topological polar surface area (TPSA) is 20.2 Å². The molecule has 3 rings (SSSR count). The number of rotatable bonds is 1. The van der Waals surface area contributed by atoms with Gasteiger partial charge in [0.25, 0.3) is 0 Å². The Labute approximate surface area is 104 Å². The molecule has 1 N–H and O–H groups in total. The van der Waals surface area contributed by atoms with Gasteiger partial charge in [-0.3, -0.25) is 0 Å². The van der Waals surface area contributed by atoms with E-state index >= 15 is 0 Å². The first-order chi connectivity index (χ1) is 8.33. The summed E-state index contributed by atoms with van der Waals surface area (Å²) in [6.45, 7) is 0. The number of aliphatic hydroxyl groups excluding tert-OH is 1. The second-order valence-corrected chi connectivity index (χ2v) is 5.75. The van der Waals surface area contributed by atoms with Crippen molar-refractivity contribution < 1.29 is 5.11 Å². The molecular formula is C16H22O. The molecule has 0 aromatic heterocycles. The van der Waals surface area contributed by atoms with Crippen LogP contribution in [-0.2, 0) is 12.8 Å². The molecule has 2 aliphatic rings. The third-order valence-electron chi connectivity index (χ3n) is 4.49. The Kier molecular flexibility index (Phi) is 3.19. The highest BCUT2D eigenvalue weighted by Crippen LogP contribution is 2.34. The van der Waals surface area contributed by atoms with Gasteiger partial charge in [0.1, 0.15) is 0 Å². The predicted molar refractivity (Wildman–Crippen MR) is 70.3 cm³/mol. The second kappa shape index (κ2) is 4.81. The lowest BCUT2D eigenvalue weighted by molar-refractivity contribution is 0.152. The molecule has 17 heavy (non-hydrogen) atoms. The van der Waals surface area contributed by atoms with Crippen molar-refractivity contribution in [2.75, 3.05) is 0 Å². The molecule has 1 fully saturated rings. The quantitative estimate of drug-likeness (QED) is 0.731. The smallest absolute Gasteiger partial charge is 0.0546 e. The number of fused-ring (bicyclic) bond motifs is 1. The molecule has 0 radical (unpaired) electrons. The zero-order chi connectivity index (χ0) is 11.7. The van der Waals surface area contributed by atoms with E-state index in [1.54, 1.807) is 11.1 Å². The Morgan fingerprint density at radius 3 is 2.71 bits per heavy atom. The van der Waals surface area contributed by atoms with Crippen LogP contribution in [0.4, 0.5) is 0 Å². The zero-order valence-corrected chi connectivity index (χ0v) is 10.5. The Bertz CT molecular complexity index is 397. The summed E-state index contributed by atoms with van der Waals surface area (Å²) in [5.74, 6) is 0.596. The minimum Gasteiger partial charge on any atom is -0.393 e. The van der Waals surface area contributed by atoms with Gasteiger partial charge in [0.15, 0.2) is 0 Å². The number of benzene rings is 1. The van der Waals surface area contributed by atoms with E-state index in [4.69, 9.17) is 0 Å². The summed E-state index contributed by atoms with van der Waals surface area (Å²) >= 11 is 0. The van der Waals surface area contributed by atoms with Crippen molar-refractivity contribution in [1.29, 1.82) is 0 Å². The highest BCUT2D eigenvalue weighted by Gasteiger charge is 2.21. The van der Waals surface area contributed by atoms with Crippen LogP contribution in [0.3, 0.4) is 0 Å². The second-order valence-electron chi connectivity index (χ2n) is 5.75. The molecule has 0 aliphatic heterocycles. The number of hydrogen-bond donors (Lipinski definition) is 1. The van der Waals surface area contributed by atoms with E-state index in [2.05, 4.69) is 18.2 Å². The van der Waals surface area contributed by atoms with Gasteiger partial charge in [-0.05, 0) is 61.1 Å². The zero-order valence-electron chi connectivity index (χ0n) is 10.5. The summed E-state index contributed by atoms with van der Waals surface area (Å²) in [6, 6.07) is 7.06. The molecule has 2 atom stereocenters. The molecule has 0 heterocycles. The fraction of sp³-hybridized carbons (Fsp3) is 0.625. The molecule has 2 unspecified atom stereocenters. The maximum atomic E-state index is 9.91. The van der Waals surface area contributed by atoms with Gasteiger partial charge in [-0.25, -0.2) is 0 Å². The molecule has 1 saturated carbocycles. The minimum atomic E-state index is -0.0734. The van der Waals surface area contributed by atoms with Crippen LogP contribution in [0.25, 0.3) is 0 Å². The van der Waals surface area contributed by atoms with E-state index in [1.165, 1.54) is 44.1 Å². The number of aliphatic hydroxyl groups is 1. The molecule has 0 amide bonds. The SMILES string of the molecule is OC1CCCCC(c2ccc3c(c2)CCC3)C1. The third kappa shape index (κ3) is 2.40. The molecule has 1 aromatic rings. The molecule has 92 valence electrons. The maximum Gasteiger partial charge on any atom is 0.0546 e. The van der Waals surface area contributed by atoms with Gasteiger partial charge in [-0.2, -0.15) is 0 Å². The van der Waals surface area contributed by atoms with Gasteiger partial charge in [-0.15, -0.1) is 0 Å². The molecule has 1 heteroatoms. The van der Waals surface area contributed by atoms with Gasteiger partial charge in [0.05, 0.1) is 6.10 Å². The molecule has 0 saturated heterocycles. The average molecular weight is 230 g/mol. The summed E-state index contributed by atoms with van der Waals surface area (Å²) in [4.78, 5) is 0. The van der Waals surface area contributed by atoms with E-state index in [0.29, 0.717) is 5.92 Å². The number of aryl methyl sites for hydroxylation is 2. The van der Waals surface area contributed by atoms with Crippen molar-refractivity contribution in [3.05, 3.63) is 34.9 Å². The van der Waals surface area contributed by atoms with Gasteiger partial charge < -0.3 is 5.11 Å². The summed E-state index contributed by atoms with van der Waals surface area (Å²) in [6.07, 6.45) is 9.49. The summed E-state index contributed by atoms with van der Waals surface area (Å²) in [5.41, 5.74) is 4.61. The van der Waals surface area contributed by atoms with E-state index in [-0.39, 0.29) is 6.10 Å². The van der Waals surface area contributed by atoms with E-state index in [9.17, 15) is 5.11 Å². The Morgan fingerprint density at radius 1 is 0.941 bits per heavy atom. The molecule has 1 aromatic carbocycles. The normalized spacial score (nSPS) is 28.8. The Balaban J connectivity index is 1.82. The minimum absolute atomic E-state index is 0.0734. The van der Waals surface area contributed by atoms with Crippen LogP contribution < -0.4 is 0 Å². The van der Waals surface area contributed by atoms with E-state index in [1.807, 2.05) is 0 Å². The van der Waals surface area contributed by atoms with Crippen molar-refractivity contribution >= 4 is 0 Å². The monoisotopic (exact) mass is 230 g/mol. The summed E-state index contributed by atoms with van der Waals surface area (Å²) < 4.78 is 0. The predicted octanol–water partition coefficient (Wildman–Crippen LogP) is 3.58. The first-order valence-electron chi connectivity index (χ1n) is 7.13. The molecular weight excluding hydrogens is 208 g/mol. The maximum absolute atomic E-state index is 9.91. The summed E-state index contributed by atoms with van der Waals surface area (Å²) in [7, 11) is 0. The lowest BCUT2D eigenvalue weighted by Gasteiger charge is -2.18. The van der Waals surface area contributed by atoms with Gasteiger partial charge in [0, 0.05) is 0 Å². The lowest BCUT2D eigenvalue weighted by atomic mass is 9.89. The van der Waals surface area contributed by atoms with Crippen molar-refractivity contribution in [2.24, 2.45) is 0 Å². The van der Waals surface area contributed by atoms with Crippen molar-refractivity contribution in [3.8, 4) is 0 Å². The molecule has 0 bridgehead atoms. The van der Waals surface area contributed by atoms with Gasteiger partial charge >= 0.3 is 0 Å². The highest BCUT2D eigenvalue weighted by atomic mass is 16.3.